The maximum atomic E-state index is 5.88. The second-order valence-corrected chi connectivity index (χ2v) is 5.84. The van der Waals surface area contributed by atoms with E-state index in [1.54, 1.807) is 7.11 Å². The molecule has 1 aromatic rings. The Labute approximate surface area is 167 Å². The van der Waals surface area contributed by atoms with Gasteiger partial charge in [-0.05, 0) is 51.0 Å². The van der Waals surface area contributed by atoms with Crippen molar-refractivity contribution in [3.63, 3.8) is 0 Å². The summed E-state index contributed by atoms with van der Waals surface area (Å²) < 4.78 is 16.6. The Morgan fingerprint density at radius 3 is 2.60 bits per heavy atom. The molecule has 0 bridgehead atoms. The van der Waals surface area contributed by atoms with E-state index in [0.29, 0.717) is 12.6 Å². The Kier molecular flexibility index (Phi) is 10.6. The number of benzene rings is 1. The van der Waals surface area contributed by atoms with Gasteiger partial charge in [0, 0.05) is 19.7 Å². The summed E-state index contributed by atoms with van der Waals surface area (Å²) in [4.78, 5) is 4.59. The molecule has 1 fully saturated rings. The number of rotatable bonds is 8. The summed E-state index contributed by atoms with van der Waals surface area (Å²) in [5.41, 5.74) is 0. The smallest absolute Gasteiger partial charge is 0.191 e. The highest BCUT2D eigenvalue weighted by Gasteiger charge is 2.15. The number of aliphatic imine (C=N–C) groups is 1. The van der Waals surface area contributed by atoms with Crippen LogP contribution in [0.1, 0.15) is 26.7 Å². The molecule has 0 aromatic heterocycles. The molecule has 142 valence electrons. The Balaban J connectivity index is 0.00000312. The predicted octanol–water partition coefficient (Wildman–Crippen LogP) is 2.81. The van der Waals surface area contributed by atoms with Crippen molar-refractivity contribution in [3.05, 3.63) is 24.3 Å². The third-order valence-electron chi connectivity index (χ3n) is 3.77. The third-order valence-corrected chi connectivity index (χ3v) is 3.77. The van der Waals surface area contributed by atoms with E-state index in [2.05, 4.69) is 22.5 Å². The largest absolute Gasteiger partial charge is 0.497 e. The zero-order chi connectivity index (χ0) is 17.2. The van der Waals surface area contributed by atoms with E-state index in [9.17, 15) is 0 Å². The molecular weight excluding hydrogens is 433 g/mol. The lowest BCUT2D eigenvalue weighted by Crippen LogP contribution is -2.41. The van der Waals surface area contributed by atoms with Crippen LogP contribution in [0.4, 0.5) is 0 Å². The molecule has 1 aliphatic heterocycles. The molecule has 1 aliphatic rings. The molecule has 7 heteroatoms. The van der Waals surface area contributed by atoms with Gasteiger partial charge in [0.15, 0.2) is 5.96 Å². The molecular formula is C18H30IN3O3. The molecule has 6 nitrogen and oxygen atoms in total. The van der Waals surface area contributed by atoms with Gasteiger partial charge in [-0.2, -0.15) is 0 Å². The van der Waals surface area contributed by atoms with Gasteiger partial charge in [-0.1, -0.05) is 0 Å². The first kappa shape index (κ1) is 21.8. The summed E-state index contributed by atoms with van der Waals surface area (Å²) in [6.45, 7) is 7.13. The van der Waals surface area contributed by atoms with Gasteiger partial charge in [0.05, 0.1) is 19.8 Å². The third kappa shape index (κ3) is 8.13. The van der Waals surface area contributed by atoms with Crippen LogP contribution in [0.5, 0.6) is 11.5 Å². The van der Waals surface area contributed by atoms with Crippen molar-refractivity contribution in [1.29, 1.82) is 0 Å². The minimum Gasteiger partial charge on any atom is -0.497 e. The zero-order valence-electron chi connectivity index (χ0n) is 15.3. The van der Waals surface area contributed by atoms with Crippen LogP contribution in [0.3, 0.4) is 0 Å². The first-order valence-corrected chi connectivity index (χ1v) is 8.65. The quantitative estimate of drug-likeness (QED) is 0.353. The first-order valence-electron chi connectivity index (χ1n) is 8.65. The second kappa shape index (κ2) is 12.2. The monoisotopic (exact) mass is 463 g/mol. The number of hydrogen-bond acceptors (Lipinski definition) is 4. The van der Waals surface area contributed by atoms with Gasteiger partial charge in [0.2, 0.25) is 0 Å². The molecule has 2 unspecified atom stereocenters. The van der Waals surface area contributed by atoms with Gasteiger partial charge in [-0.15, -0.1) is 24.0 Å². The van der Waals surface area contributed by atoms with Gasteiger partial charge in [-0.25, -0.2) is 4.99 Å². The highest BCUT2D eigenvalue weighted by molar-refractivity contribution is 14.0. The molecule has 0 radical (unpaired) electrons. The second-order valence-electron chi connectivity index (χ2n) is 5.84. The number of methoxy groups -OCH3 is 1. The lowest BCUT2D eigenvalue weighted by molar-refractivity contribution is 0.113. The molecule has 0 spiro atoms. The van der Waals surface area contributed by atoms with Gasteiger partial charge >= 0.3 is 0 Å². The Bertz CT molecular complexity index is 505. The van der Waals surface area contributed by atoms with Crippen molar-refractivity contribution in [2.75, 3.05) is 33.4 Å². The first-order chi connectivity index (χ1) is 11.7. The van der Waals surface area contributed by atoms with Gasteiger partial charge in [0.25, 0.3) is 0 Å². The molecule has 2 N–H and O–H groups in total. The van der Waals surface area contributed by atoms with Gasteiger partial charge in [0.1, 0.15) is 17.6 Å². The fourth-order valence-electron chi connectivity index (χ4n) is 2.50. The molecule has 0 aliphatic carbocycles. The molecule has 1 saturated heterocycles. The number of nitrogens with zero attached hydrogens (tertiary/aromatic N) is 1. The van der Waals surface area contributed by atoms with Crippen LogP contribution >= 0.6 is 24.0 Å². The molecule has 1 heterocycles. The average Bonchev–Trinajstić information content (AvgIpc) is 3.11. The molecule has 1 aromatic carbocycles. The lowest BCUT2D eigenvalue weighted by atomic mass is 10.2. The van der Waals surface area contributed by atoms with Crippen molar-refractivity contribution < 1.29 is 14.2 Å². The fraction of sp³-hybridized carbons (Fsp3) is 0.611. The van der Waals surface area contributed by atoms with Gasteiger partial charge in [-0.3, -0.25) is 0 Å². The standard InChI is InChI=1S/C18H29N3O3.HI/c1-4-19-18(21-13-17-6-5-11-23-17)20-12-14(2)24-16-9-7-15(22-3)8-10-16;/h7-10,14,17H,4-6,11-13H2,1-3H3,(H2,19,20,21);1H. The van der Waals surface area contributed by atoms with Crippen LogP contribution in [0.2, 0.25) is 0 Å². The van der Waals surface area contributed by atoms with Crippen molar-refractivity contribution >= 4 is 29.9 Å². The molecule has 25 heavy (non-hydrogen) atoms. The van der Waals surface area contributed by atoms with Crippen LogP contribution < -0.4 is 20.1 Å². The Morgan fingerprint density at radius 1 is 1.28 bits per heavy atom. The summed E-state index contributed by atoms with van der Waals surface area (Å²) in [6, 6.07) is 7.58. The summed E-state index contributed by atoms with van der Waals surface area (Å²) in [5, 5.41) is 6.59. The number of nitrogens with one attached hydrogen (secondary N) is 2. The molecule has 2 rings (SSSR count). The van der Waals surface area contributed by atoms with Crippen LogP contribution in [0.25, 0.3) is 0 Å². The SMILES string of the molecule is CCNC(=NCC(C)Oc1ccc(OC)cc1)NCC1CCCO1.I. The van der Waals surface area contributed by atoms with Crippen LogP contribution in [0, 0.1) is 0 Å². The van der Waals surface area contributed by atoms with Crippen molar-refractivity contribution in [2.45, 2.75) is 38.9 Å². The molecule has 2 atom stereocenters. The molecule has 0 amide bonds. The Morgan fingerprint density at radius 2 is 2.00 bits per heavy atom. The van der Waals surface area contributed by atoms with Gasteiger partial charge < -0.3 is 24.8 Å². The number of ether oxygens (including phenoxy) is 3. The minimum atomic E-state index is -0.0171. The van der Waals surface area contributed by atoms with Crippen LogP contribution in [0.15, 0.2) is 29.3 Å². The summed E-state index contributed by atoms with van der Waals surface area (Å²) in [6.07, 6.45) is 2.54. The number of hydrogen-bond donors (Lipinski definition) is 2. The highest BCUT2D eigenvalue weighted by Crippen LogP contribution is 2.18. The Hall–Kier alpha value is -1.22. The minimum absolute atomic E-state index is 0. The van der Waals surface area contributed by atoms with Crippen molar-refractivity contribution in [3.8, 4) is 11.5 Å². The number of guanidine groups is 1. The maximum Gasteiger partial charge on any atom is 0.191 e. The topological polar surface area (TPSA) is 64.1 Å². The van der Waals surface area contributed by atoms with E-state index in [0.717, 1.165) is 50.0 Å². The highest BCUT2D eigenvalue weighted by atomic mass is 127. The molecule has 0 saturated carbocycles. The van der Waals surface area contributed by atoms with E-state index in [1.807, 2.05) is 31.2 Å². The van der Waals surface area contributed by atoms with Crippen LogP contribution in [-0.2, 0) is 4.74 Å². The van der Waals surface area contributed by atoms with E-state index >= 15 is 0 Å². The predicted molar refractivity (Wildman–Crippen MR) is 111 cm³/mol. The van der Waals surface area contributed by atoms with Crippen molar-refractivity contribution in [2.24, 2.45) is 4.99 Å². The normalized spacial score (nSPS) is 18.2. The lowest BCUT2D eigenvalue weighted by Gasteiger charge is -2.17. The number of halogens is 1. The average molecular weight is 463 g/mol. The van der Waals surface area contributed by atoms with E-state index < -0.39 is 0 Å². The zero-order valence-corrected chi connectivity index (χ0v) is 17.6. The summed E-state index contributed by atoms with van der Waals surface area (Å²) in [5.74, 6) is 2.44. The fourth-order valence-corrected chi connectivity index (χ4v) is 2.50. The van der Waals surface area contributed by atoms with Crippen molar-refractivity contribution in [1.82, 2.24) is 10.6 Å². The summed E-state index contributed by atoms with van der Waals surface area (Å²) >= 11 is 0. The van der Waals surface area contributed by atoms with E-state index in [1.165, 1.54) is 0 Å². The van der Waals surface area contributed by atoms with Crippen LogP contribution in [-0.4, -0.2) is 51.5 Å². The summed E-state index contributed by atoms with van der Waals surface area (Å²) in [7, 11) is 1.65. The van der Waals surface area contributed by atoms with E-state index in [-0.39, 0.29) is 30.1 Å². The maximum absolute atomic E-state index is 5.88. The van der Waals surface area contributed by atoms with E-state index in [4.69, 9.17) is 14.2 Å².